The van der Waals surface area contributed by atoms with E-state index in [0.717, 1.165) is 14.7 Å². The number of nitrogens with zero attached hydrogens (tertiary/aromatic N) is 1. The first-order chi connectivity index (χ1) is 13.1. The van der Waals surface area contributed by atoms with Crippen LogP contribution in [0.3, 0.4) is 0 Å². The van der Waals surface area contributed by atoms with Crippen LogP contribution in [0.4, 0.5) is 0 Å². The molecule has 0 saturated heterocycles. The van der Waals surface area contributed by atoms with Crippen LogP contribution in [0.1, 0.15) is 21.5 Å². The fourth-order valence-corrected chi connectivity index (χ4v) is 3.01. The Kier molecular flexibility index (Phi) is 7.22. The minimum atomic E-state index is -0.250. The zero-order valence-electron chi connectivity index (χ0n) is 14.2. The molecule has 1 amide bonds. The first-order valence-electron chi connectivity index (χ1n) is 8.17. The lowest BCUT2D eigenvalue weighted by atomic mass is 10.2. The number of carbonyl (C=O) groups is 1. The number of ether oxygens (including phenoxy) is 1. The van der Waals surface area contributed by atoms with E-state index in [4.69, 9.17) is 4.74 Å². The average Bonchev–Trinajstić information content (AvgIpc) is 2.69. The highest BCUT2D eigenvalue weighted by Gasteiger charge is 2.04. The van der Waals surface area contributed by atoms with Gasteiger partial charge in [0, 0.05) is 18.3 Å². The van der Waals surface area contributed by atoms with Crippen LogP contribution in [-0.4, -0.2) is 12.1 Å². The van der Waals surface area contributed by atoms with Crippen LogP contribution < -0.4 is 10.2 Å². The molecule has 136 valence electrons. The van der Waals surface area contributed by atoms with Gasteiger partial charge in [-0.2, -0.15) is 5.10 Å². The van der Waals surface area contributed by atoms with Gasteiger partial charge in [0.1, 0.15) is 12.4 Å². The summed E-state index contributed by atoms with van der Waals surface area (Å²) in [7, 11) is 0. The van der Waals surface area contributed by atoms with Gasteiger partial charge < -0.3 is 4.74 Å². The average molecular weight is 582 g/mol. The maximum absolute atomic E-state index is 12.1. The molecule has 0 aliphatic heterocycles. The van der Waals surface area contributed by atoms with Crippen molar-refractivity contribution in [1.82, 2.24) is 5.43 Å². The molecule has 0 heterocycles. The zero-order chi connectivity index (χ0) is 19.1. The number of carbonyl (C=O) groups excluding carboxylic acids is 1. The fourth-order valence-electron chi connectivity index (χ4n) is 2.29. The summed E-state index contributed by atoms with van der Waals surface area (Å²) in [6, 6.07) is 23.1. The van der Waals surface area contributed by atoms with Crippen LogP contribution in [0.25, 0.3) is 0 Å². The Morgan fingerprint density at radius 3 is 2.26 bits per heavy atom. The van der Waals surface area contributed by atoms with Crippen LogP contribution in [0, 0.1) is 7.14 Å². The molecule has 0 aliphatic carbocycles. The Bertz CT molecular complexity index is 939. The summed E-state index contributed by atoms with van der Waals surface area (Å²) in [6.07, 6.45) is 1.59. The van der Waals surface area contributed by atoms with Crippen LogP contribution in [0.5, 0.6) is 5.75 Å². The number of rotatable bonds is 6. The van der Waals surface area contributed by atoms with E-state index in [-0.39, 0.29) is 5.91 Å². The van der Waals surface area contributed by atoms with Crippen molar-refractivity contribution < 1.29 is 9.53 Å². The molecule has 0 spiro atoms. The van der Waals surface area contributed by atoms with Gasteiger partial charge in [-0.05, 0) is 99.3 Å². The summed E-state index contributed by atoms with van der Waals surface area (Å²) in [5.74, 6) is 0.461. The number of benzene rings is 3. The highest BCUT2D eigenvalue weighted by Crippen LogP contribution is 2.18. The van der Waals surface area contributed by atoms with Gasteiger partial charge >= 0.3 is 0 Å². The molecule has 0 unspecified atom stereocenters. The molecule has 3 rings (SSSR count). The van der Waals surface area contributed by atoms with E-state index >= 15 is 0 Å². The molecular weight excluding hydrogens is 566 g/mol. The van der Waals surface area contributed by atoms with Gasteiger partial charge in [0.25, 0.3) is 5.91 Å². The summed E-state index contributed by atoms with van der Waals surface area (Å²) in [6.45, 7) is 0.469. The SMILES string of the molecule is O=C(N/N=C\c1ccccc1OCc1ccc(I)cc1)c1ccc(I)cc1. The molecule has 4 nitrogen and oxygen atoms in total. The number of para-hydroxylation sites is 1. The summed E-state index contributed by atoms with van der Waals surface area (Å²) >= 11 is 4.47. The predicted molar refractivity (Wildman–Crippen MR) is 124 cm³/mol. The summed E-state index contributed by atoms with van der Waals surface area (Å²) in [4.78, 5) is 12.1. The third-order valence-electron chi connectivity index (χ3n) is 3.70. The van der Waals surface area contributed by atoms with Gasteiger partial charge in [0.15, 0.2) is 0 Å². The van der Waals surface area contributed by atoms with E-state index in [1.165, 1.54) is 3.57 Å². The maximum atomic E-state index is 12.1. The number of amides is 1. The number of nitrogens with one attached hydrogen (secondary N) is 1. The van der Waals surface area contributed by atoms with E-state index < -0.39 is 0 Å². The Morgan fingerprint density at radius 2 is 1.56 bits per heavy atom. The largest absolute Gasteiger partial charge is 0.488 e. The predicted octanol–water partition coefficient (Wildman–Crippen LogP) is 5.24. The molecular formula is C21H16I2N2O2. The monoisotopic (exact) mass is 582 g/mol. The molecule has 0 aliphatic rings. The smallest absolute Gasteiger partial charge is 0.271 e. The Morgan fingerprint density at radius 1 is 0.926 bits per heavy atom. The molecule has 0 aromatic heterocycles. The van der Waals surface area contributed by atoms with E-state index in [0.29, 0.717) is 17.9 Å². The van der Waals surface area contributed by atoms with Crippen LogP contribution in [-0.2, 0) is 6.61 Å². The maximum Gasteiger partial charge on any atom is 0.271 e. The van der Waals surface area contributed by atoms with Crippen molar-refractivity contribution >= 4 is 57.3 Å². The normalized spacial score (nSPS) is 10.7. The first kappa shape index (κ1) is 19.8. The summed E-state index contributed by atoms with van der Waals surface area (Å²) in [5.41, 5.74) is 5.00. The van der Waals surface area contributed by atoms with Crippen molar-refractivity contribution in [2.24, 2.45) is 5.10 Å². The van der Waals surface area contributed by atoms with Crippen molar-refractivity contribution in [3.8, 4) is 5.75 Å². The fraction of sp³-hybridized carbons (Fsp3) is 0.0476. The quantitative estimate of drug-likeness (QED) is 0.246. The van der Waals surface area contributed by atoms with Crippen LogP contribution in [0.2, 0.25) is 0 Å². The molecule has 27 heavy (non-hydrogen) atoms. The van der Waals surface area contributed by atoms with Gasteiger partial charge in [-0.25, -0.2) is 5.43 Å². The minimum Gasteiger partial charge on any atom is -0.488 e. The Labute approximate surface area is 185 Å². The van der Waals surface area contributed by atoms with Crippen molar-refractivity contribution in [2.75, 3.05) is 0 Å². The van der Waals surface area contributed by atoms with Gasteiger partial charge in [-0.3, -0.25) is 4.79 Å². The highest BCUT2D eigenvalue weighted by molar-refractivity contribution is 14.1. The molecule has 0 radical (unpaired) electrons. The van der Waals surface area contributed by atoms with Crippen LogP contribution in [0.15, 0.2) is 77.9 Å². The minimum absolute atomic E-state index is 0.250. The topological polar surface area (TPSA) is 50.7 Å². The van der Waals surface area contributed by atoms with Gasteiger partial charge in [-0.1, -0.05) is 24.3 Å². The second kappa shape index (κ2) is 9.84. The lowest BCUT2D eigenvalue weighted by molar-refractivity contribution is 0.0955. The Hall–Kier alpha value is -1.94. The van der Waals surface area contributed by atoms with Gasteiger partial charge in [0.2, 0.25) is 0 Å². The second-order valence-corrected chi connectivity index (χ2v) is 8.15. The lowest BCUT2D eigenvalue weighted by Gasteiger charge is -2.09. The third-order valence-corrected chi connectivity index (χ3v) is 5.14. The molecule has 6 heteroatoms. The van der Waals surface area contributed by atoms with E-state index in [1.54, 1.807) is 18.3 Å². The summed E-state index contributed by atoms with van der Waals surface area (Å²) < 4.78 is 8.17. The molecule has 1 N–H and O–H groups in total. The summed E-state index contributed by atoms with van der Waals surface area (Å²) in [5, 5.41) is 4.06. The first-order valence-corrected chi connectivity index (χ1v) is 10.3. The molecule has 3 aromatic rings. The number of hydrogen-bond donors (Lipinski definition) is 1. The Balaban J connectivity index is 1.62. The van der Waals surface area contributed by atoms with E-state index in [9.17, 15) is 4.79 Å². The van der Waals surface area contributed by atoms with Crippen molar-refractivity contribution in [3.63, 3.8) is 0 Å². The van der Waals surface area contributed by atoms with E-state index in [2.05, 4.69) is 55.7 Å². The van der Waals surface area contributed by atoms with Crippen molar-refractivity contribution in [1.29, 1.82) is 0 Å². The zero-order valence-corrected chi connectivity index (χ0v) is 18.5. The van der Waals surface area contributed by atoms with Gasteiger partial charge in [0.05, 0.1) is 6.21 Å². The lowest BCUT2D eigenvalue weighted by Crippen LogP contribution is -2.17. The van der Waals surface area contributed by atoms with E-state index in [1.807, 2.05) is 60.7 Å². The number of halogens is 2. The standard InChI is InChI=1S/C21H16I2N2O2/c22-18-9-5-15(6-10-18)14-27-20-4-2-1-3-17(20)13-24-25-21(26)16-7-11-19(23)12-8-16/h1-13H,14H2,(H,25,26)/b24-13-. The van der Waals surface area contributed by atoms with Crippen molar-refractivity contribution in [3.05, 3.63) is 96.6 Å². The van der Waals surface area contributed by atoms with Crippen LogP contribution >= 0.6 is 45.2 Å². The third kappa shape index (κ3) is 6.03. The second-order valence-electron chi connectivity index (χ2n) is 5.66. The molecule has 3 aromatic carbocycles. The van der Waals surface area contributed by atoms with Crippen molar-refractivity contribution in [2.45, 2.75) is 6.61 Å². The number of hydrogen-bond acceptors (Lipinski definition) is 3. The molecule has 0 saturated carbocycles. The van der Waals surface area contributed by atoms with Gasteiger partial charge in [-0.15, -0.1) is 0 Å². The molecule has 0 fully saturated rings. The number of hydrazone groups is 1. The molecule has 0 atom stereocenters. The highest BCUT2D eigenvalue weighted by atomic mass is 127. The molecule has 0 bridgehead atoms.